The molecule has 1 heterocycles. The minimum absolute atomic E-state index is 0.0297. The van der Waals surface area contributed by atoms with Gasteiger partial charge in [-0.15, -0.1) is 0 Å². The lowest BCUT2D eigenvalue weighted by molar-refractivity contribution is 0.0695. The maximum atomic E-state index is 6.10. The minimum atomic E-state index is -0.283. The van der Waals surface area contributed by atoms with Crippen molar-refractivity contribution in [3.05, 3.63) is 48.0 Å². The molecule has 138 valence electrons. The Balaban J connectivity index is 1.76. The number of hydrogen-bond acceptors (Lipinski definition) is 4. The molecule has 6 heteroatoms. The maximum Gasteiger partial charge on any atom is 0.171 e. The predicted octanol–water partition coefficient (Wildman–Crippen LogP) is 4.29. The van der Waals surface area contributed by atoms with Gasteiger partial charge in [0, 0.05) is 17.7 Å². The molecule has 0 saturated carbocycles. The van der Waals surface area contributed by atoms with Crippen molar-refractivity contribution in [3.63, 3.8) is 0 Å². The van der Waals surface area contributed by atoms with Crippen LogP contribution < -0.4 is 24.8 Å². The number of nitrogens with one attached hydrogen (secondary N) is 2. The monoisotopic (exact) mass is 372 g/mol. The van der Waals surface area contributed by atoms with E-state index in [-0.39, 0.29) is 11.6 Å². The summed E-state index contributed by atoms with van der Waals surface area (Å²) in [5.74, 6) is 2.46. The zero-order valence-corrected chi connectivity index (χ0v) is 16.3. The predicted molar refractivity (Wildman–Crippen MR) is 107 cm³/mol. The number of thiocarbonyl (C=S) groups is 1. The van der Waals surface area contributed by atoms with Gasteiger partial charge in [0.05, 0.1) is 20.3 Å². The van der Waals surface area contributed by atoms with Gasteiger partial charge in [0.1, 0.15) is 22.8 Å². The Kier molecular flexibility index (Phi) is 5.23. The lowest BCUT2D eigenvalue weighted by atomic mass is 9.89. The SMILES string of the molecule is COc1ccc(NC(=S)N[C@@H]2CC(C)(C)Oc3ccc(OC)cc32)cc1. The molecule has 1 aliphatic rings. The van der Waals surface area contributed by atoms with Crippen LogP contribution in [-0.4, -0.2) is 24.9 Å². The molecule has 0 unspecified atom stereocenters. The van der Waals surface area contributed by atoms with Gasteiger partial charge in [-0.25, -0.2) is 0 Å². The summed E-state index contributed by atoms with van der Waals surface area (Å²) in [7, 11) is 3.31. The molecule has 0 bridgehead atoms. The van der Waals surface area contributed by atoms with Crippen LogP contribution in [0, 0.1) is 0 Å². The van der Waals surface area contributed by atoms with Crippen LogP contribution in [0.3, 0.4) is 0 Å². The molecule has 0 spiro atoms. The molecule has 0 amide bonds. The number of benzene rings is 2. The first-order chi connectivity index (χ1) is 12.4. The van der Waals surface area contributed by atoms with Gasteiger partial charge in [0.25, 0.3) is 0 Å². The zero-order valence-electron chi connectivity index (χ0n) is 15.5. The van der Waals surface area contributed by atoms with E-state index in [1.807, 2.05) is 42.5 Å². The van der Waals surface area contributed by atoms with Gasteiger partial charge in [-0.2, -0.15) is 0 Å². The van der Waals surface area contributed by atoms with Crippen molar-refractivity contribution < 1.29 is 14.2 Å². The van der Waals surface area contributed by atoms with Gasteiger partial charge in [-0.05, 0) is 68.5 Å². The van der Waals surface area contributed by atoms with Crippen LogP contribution in [0.25, 0.3) is 0 Å². The third kappa shape index (κ3) is 4.19. The number of rotatable bonds is 4. The van der Waals surface area contributed by atoms with Crippen molar-refractivity contribution in [1.82, 2.24) is 5.32 Å². The van der Waals surface area contributed by atoms with Crippen molar-refractivity contribution in [2.45, 2.75) is 31.9 Å². The van der Waals surface area contributed by atoms with Crippen molar-refractivity contribution in [2.24, 2.45) is 0 Å². The van der Waals surface area contributed by atoms with E-state index >= 15 is 0 Å². The Hall–Kier alpha value is -2.47. The molecule has 2 N–H and O–H groups in total. The smallest absolute Gasteiger partial charge is 0.171 e. The number of hydrogen-bond donors (Lipinski definition) is 2. The first kappa shape index (κ1) is 18.3. The van der Waals surface area contributed by atoms with Crippen LogP contribution >= 0.6 is 12.2 Å². The van der Waals surface area contributed by atoms with Crippen LogP contribution in [0.5, 0.6) is 17.2 Å². The summed E-state index contributed by atoms with van der Waals surface area (Å²) in [5.41, 5.74) is 1.66. The number of ether oxygens (including phenoxy) is 3. The maximum absolute atomic E-state index is 6.10. The molecule has 3 rings (SSSR count). The first-order valence-corrected chi connectivity index (χ1v) is 8.89. The van der Waals surface area contributed by atoms with E-state index in [1.165, 1.54) is 0 Å². The molecule has 2 aromatic rings. The van der Waals surface area contributed by atoms with E-state index in [9.17, 15) is 0 Å². The van der Waals surface area contributed by atoms with E-state index in [0.29, 0.717) is 5.11 Å². The Morgan fingerprint density at radius 1 is 1.08 bits per heavy atom. The molecule has 2 aromatic carbocycles. The molecular formula is C20H24N2O3S. The van der Waals surface area contributed by atoms with Gasteiger partial charge in [0.15, 0.2) is 5.11 Å². The van der Waals surface area contributed by atoms with Crippen molar-refractivity contribution in [2.75, 3.05) is 19.5 Å². The highest BCUT2D eigenvalue weighted by Gasteiger charge is 2.34. The Bertz CT molecular complexity index is 790. The van der Waals surface area contributed by atoms with Gasteiger partial charge < -0.3 is 24.8 Å². The van der Waals surface area contributed by atoms with E-state index in [4.69, 9.17) is 26.4 Å². The fourth-order valence-corrected chi connectivity index (χ4v) is 3.35. The second kappa shape index (κ2) is 7.41. The van der Waals surface area contributed by atoms with E-state index in [1.54, 1.807) is 14.2 Å². The normalized spacial score (nSPS) is 17.5. The largest absolute Gasteiger partial charge is 0.497 e. The second-order valence-corrected chi connectivity index (χ2v) is 7.26. The lowest BCUT2D eigenvalue weighted by Crippen LogP contribution is -2.42. The van der Waals surface area contributed by atoms with E-state index in [0.717, 1.165) is 34.9 Å². The van der Waals surface area contributed by atoms with Crippen molar-refractivity contribution >= 4 is 23.0 Å². The number of fused-ring (bicyclic) bond motifs is 1. The highest BCUT2D eigenvalue weighted by Crippen LogP contribution is 2.41. The minimum Gasteiger partial charge on any atom is -0.497 e. The quantitative estimate of drug-likeness (QED) is 0.781. The van der Waals surface area contributed by atoms with Gasteiger partial charge in [-0.3, -0.25) is 0 Å². The number of methoxy groups -OCH3 is 2. The Labute approximate surface area is 159 Å². The van der Waals surface area contributed by atoms with Crippen molar-refractivity contribution in [3.8, 4) is 17.2 Å². The summed E-state index contributed by atoms with van der Waals surface area (Å²) in [6.07, 6.45) is 0.789. The Morgan fingerprint density at radius 2 is 1.73 bits per heavy atom. The van der Waals surface area contributed by atoms with E-state index in [2.05, 4.69) is 24.5 Å². The third-order valence-corrected chi connectivity index (χ3v) is 4.55. The first-order valence-electron chi connectivity index (χ1n) is 8.49. The summed E-state index contributed by atoms with van der Waals surface area (Å²) in [4.78, 5) is 0. The lowest BCUT2D eigenvalue weighted by Gasteiger charge is -2.38. The second-order valence-electron chi connectivity index (χ2n) is 6.85. The van der Waals surface area contributed by atoms with Crippen LogP contribution in [0.1, 0.15) is 31.9 Å². The summed E-state index contributed by atoms with van der Waals surface area (Å²) in [6, 6.07) is 13.5. The van der Waals surface area contributed by atoms with Crippen LogP contribution in [0.4, 0.5) is 5.69 Å². The molecule has 1 aliphatic heterocycles. The fraction of sp³-hybridized carbons (Fsp3) is 0.350. The third-order valence-electron chi connectivity index (χ3n) is 4.33. The summed E-state index contributed by atoms with van der Waals surface area (Å²) < 4.78 is 16.6. The molecule has 0 aromatic heterocycles. The van der Waals surface area contributed by atoms with Crippen LogP contribution in [0.15, 0.2) is 42.5 Å². The summed E-state index contributed by atoms with van der Waals surface area (Å²) in [6.45, 7) is 4.16. The van der Waals surface area contributed by atoms with Crippen LogP contribution in [0.2, 0.25) is 0 Å². The average Bonchev–Trinajstić information content (AvgIpc) is 2.61. The Morgan fingerprint density at radius 3 is 2.38 bits per heavy atom. The molecule has 0 aliphatic carbocycles. The fourth-order valence-electron chi connectivity index (χ4n) is 3.09. The zero-order chi connectivity index (χ0) is 18.7. The van der Waals surface area contributed by atoms with Gasteiger partial charge in [0.2, 0.25) is 0 Å². The molecule has 0 fully saturated rings. The standard InChI is InChI=1S/C20H24N2O3S/c1-20(2)12-17(16-11-15(24-4)9-10-18(16)25-20)22-19(26)21-13-5-7-14(23-3)8-6-13/h5-11,17H,12H2,1-4H3,(H2,21,22,26)/t17-/m1/s1. The average molecular weight is 372 g/mol. The summed E-state index contributed by atoms with van der Waals surface area (Å²) in [5, 5.41) is 7.19. The van der Waals surface area contributed by atoms with E-state index < -0.39 is 0 Å². The molecular weight excluding hydrogens is 348 g/mol. The highest BCUT2D eigenvalue weighted by molar-refractivity contribution is 7.80. The topological polar surface area (TPSA) is 51.8 Å². The van der Waals surface area contributed by atoms with Gasteiger partial charge in [-0.1, -0.05) is 0 Å². The molecule has 26 heavy (non-hydrogen) atoms. The van der Waals surface area contributed by atoms with Gasteiger partial charge >= 0.3 is 0 Å². The van der Waals surface area contributed by atoms with Crippen molar-refractivity contribution in [1.29, 1.82) is 0 Å². The van der Waals surface area contributed by atoms with Crippen LogP contribution in [-0.2, 0) is 0 Å². The molecule has 5 nitrogen and oxygen atoms in total. The molecule has 0 saturated heterocycles. The summed E-state index contributed by atoms with van der Waals surface area (Å²) >= 11 is 5.52. The molecule has 1 atom stereocenters. The number of anilines is 1. The highest BCUT2D eigenvalue weighted by atomic mass is 32.1. The molecule has 0 radical (unpaired) electrons.